The molecule has 4 rings (SSSR count). The lowest BCUT2D eigenvalue weighted by Gasteiger charge is -2.10. The first kappa shape index (κ1) is 23.6. The third kappa shape index (κ3) is 5.87. The van der Waals surface area contributed by atoms with Gasteiger partial charge in [0.2, 0.25) is 5.13 Å². The van der Waals surface area contributed by atoms with Crippen LogP contribution in [0.15, 0.2) is 77.2 Å². The van der Waals surface area contributed by atoms with Crippen LogP contribution < -0.4 is 14.9 Å². The van der Waals surface area contributed by atoms with Gasteiger partial charge in [-0.3, -0.25) is 15.5 Å². The Morgan fingerprint density at radius 2 is 1.91 bits per heavy atom. The zero-order valence-electron chi connectivity index (χ0n) is 18.8. The van der Waals surface area contributed by atoms with Crippen molar-refractivity contribution in [2.75, 3.05) is 12.5 Å². The van der Waals surface area contributed by atoms with Gasteiger partial charge in [-0.1, -0.05) is 17.7 Å². The van der Waals surface area contributed by atoms with E-state index in [9.17, 15) is 14.9 Å². The Kier molecular flexibility index (Phi) is 7.12. The second-order valence-corrected chi connectivity index (χ2v) is 8.24. The number of hydrogen-bond donors (Lipinski definition) is 1. The molecule has 35 heavy (non-hydrogen) atoms. The van der Waals surface area contributed by atoms with Gasteiger partial charge >= 0.3 is 5.97 Å². The number of non-ortho nitro benzene ring substituents is 1. The maximum atomic E-state index is 12.4. The lowest BCUT2D eigenvalue weighted by Crippen LogP contribution is -2.09. The molecule has 176 valence electrons. The monoisotopic (exact) mass is 488 g/mol. The number of aromatic nitrogens is 1. The standard InChI is InChI=1S/C25H20N4O5S/c1-16-4-3-5-19(12-16)24(30)34-22-11-6-17(13-23(22)33-2)14-26-28-25-27-21(15-35-25)18-7-9-20(10-8-18)29(31)32/h3-15H,1-2H3,(H,27,28)/b26-14-. The molecule has 1 heterocycles. The van der Waals surface area contributed by atoms with Gasteiger partial charge in [-0.2, -0.15) is 5.10 Å². The minimum absolute atomic E-state index is 0.0262. The highest BCUT2D eigenvalue weighted by atomic mass is 32.1. The van der Waals surface area contributed by atoms with Crippen LogP contribution in [-0.2, 0) is 0 Å². The maximum Gasteiger partial charge on any atom is 0.343 e. The van der Waals surface area contributed by atoms with Crippen LogP contribution in [0, 0.1) is 17.0 Å². The van der Waals surface area contributed by atoms with Crippen LogP contribution in [-0.4, -0.2) is 29.2 Å². The summed E-state index contributed by atoms with van der Waals surface area (Å²) in [5, 5.41) is 17.4. The molecule has 0 fully saturated rings. The number of rotatable bonds is 8. The SMILES string of the molecule is COc1cc(/C=N\Nc2nc(-c3ccc([N+](=O)[O-])cc3)cs2)ccc1OC(=O)c1cccc(C)c1. The van der Waals surface area contributed by atoms with Crippen molar-refractivity contribution in [1.29, 1.82) is 0 Å². The summed E-state index contributed by atoms with van der Waals surface area (Å²) in [6, 6.07) is 18.4. The number of aryl methyl sites for hydroxylation is 1. The van der Waals surface area contributed by atoms with E-state index in [1.165, 1.54) is 30.6 Å². The molecule has 3 aromatic carbocycles. The average Bonchev–Trinajstić information content (AvgIpc) is 3.33. The van der Waals surface area contributed by atoms with Crippen molar-refractivity contribution in [2.45, 2.75) is 6.92 Å². The van der Waals surface area contributed by atoms with Gasteiger partial charge in [0.1, 0.15) is 0 Å². The largest absolute Gasteiger partial charge is 0.493 e. The molecule has 0 atom stereocenters. The van der Waals surface area contributed by atoms with Crippen molar-refractivity contribution >= 4 is 34.3 Å². The Labute approximate surface area is 204 Å². The van der Waals surface area contributed by atoms with Gasteiger partial charge in [-0.15, -0.1) is 11.3 Å². The zero-order valence-corrected chi connectivity index (χ0v) is 19.6. The number of carbonyl (C=O) groups is 1. The van der Waals surface area contributed by atoms with Gasteiger partial charge in [0.05, 0.1) is 29.5 Å². The Balaban J connectivity index is 1.40. The highest BCUT2D eigenvalue weighted by molar-refractivity contribution is 7.14. The number of thiazole rings is 1. The number of benzene rings is 3. The predicted molar refractivity (Wildman–Crippen MR) is 135 cm³/mol. The van der Waals surface area contributed by atoms with Crippen LogP contribution in [0.4, 0.5) is 10.8 Å². The molecule has 0 saturated carbocycles. The summed E-state index contributed by atoms with van der Waals surface area (Å²) in [6.45, 7) is 1.90. The lowest BCUT2D eigenvalue weighted by molar-refractivity contribution is -0.384. The van der Waals surface area contributed by atoms with E-state index >= 15 is 0 Å². The van der Waals surface area contributed by atoms with E-state index in [4.69, 9.17) is 9.47 Å². The number of nitro benzene ring substituents is 1. The molecule has 10 heteroatoms. The molecule has 4 aromatic rings. The first-order valence-electron chi connectivity index (χ1n) is 10.4. The summed E-state index contributed by atoms with van der Waals surface area (Å²) in [5.74, 6) is 0.226. The fraction of sp³-hybridized carbons (Fsp3) is 0.0800. The van der Waals surface area contributed by atoms with E-state index in [0.717, 1.165) is 16.7 Å². The lowest BCUT2D eigenvalue weighted by atomic mass is 10.1. The molecule has 0 radical (unpaired) electrons. The number of hydrazone groups is 1. The first-order valence-corrected chi connectivity index (χ1v) is 11.3. The molecule has 0 aliphatic heterocycles. The molecule has 0 spiro atoms. The highest BCUT2D eigenvalue weighted by Crippen LogP contribution is 2.29. The number of hydrogen-bond acceptors (Lipinski definition) is 9. The predicted octanol–water partition coefficient (Wildman–Crippen LogP) is 5.70. The van der Waals surface area contributed by atoms with Crippen LogP contribution in [0.3, 0.4) is 0 Å². The Morgan fingerprint density at radius 3 is 2.63 bits per heavy atom. The maximum absolute atomic E-state index is 12.4. The van der Waals surface area contributed by atoms with E-state index < -0.39 is 10.9 Å². The minimum atomic E-state index is -0.470. The summed E-state index contributed by atoms with van der Waals surface area (Å²) < 4.78 is 10.9. The fourth-order valence-corrected chi connectivity index (χ4v) is 3.82. The molecular formula is C25H20N4O5S. The van der Waals surface area contributed by atoms with Crippen molar-refractivity contribution in [1.82, 2.24) is 4.98 Å². The second-order valence-electron chi connectivity index (χ2n) is 7.38. The Morgan fingerprint density at radius 1 is 1.11 bits per heavy atom. The quantitative estimate of drug-likeness (QED) is 0.111. The number of nitrogens with one attached hydrogen (secondary N) is 1. The third-order valence-corrected chi connectivity index (χ3v) is 5.64. The van der Waals surface area contributed by atoms with Crippen LogP contribution >= 0.6 is 11.3 Å². The van der Waals surface area contributed by atoms with Crippen LogP contribution in [0.25, 0.3) is 11.3 Å². The molecule has 1 N–H and O–H groups in total. The number of anilines is 1. The summed E-state index contributed by atoms with van der Waals surface area (Å²) in [4.78, 5) is 27.3. The molecule has 0 aliphatic carbocycles. The van der Waals surface area contributed by atoms with Crippen LogP contribution in [0.1, 0.15) is 21.5 Å². The van der Waals surface area contributed by atoms with Gasteiger partial charge in [-0.25, -0.2) is 9.78 Å². The molecule has 0 saturated heterocycles. The van der Waals surface area contributed by atoms with E-state index in [2.05, 4.69) is 15.5 Å². The molecule has 0 aliphatic rings. The zero-order chi connectivity index (χ0) is 24.8. The number of methoxy groups -OCH3 is 1. The molecular weight excluding hydrogens is 468 g/mol. The van der Waals surface area contributed by atoms with E-state index in [1.54, 1.807) is 54.7 Å². The first-order chi connectivity index (χ1) is 16.9. The minimum Gasteiger partial charge on any atom is -0.493 e. The number of nitro groups is 1. The van der Waals surface area contributed by atoms with Gasteiger partial charge in [-0.05, 0) is 55.0 Å². The number of carbonyl (C=O) groups excluding carboxylic acids is 1. The number of esters is 1. The van der Waals surface area contributed by atoms with Crippen molar-refractivity contribution < 1.29 is 19.2 Å². The van der Waals surface area contributed by atoms with Gasteiger partial charge in [0.25, 0.3) is 5.69 Å². The molecule has 0 unspecified atom stereocenters. The van der Waals surface area contributed by atoms with E-state index in [1.807, 2.05) is 18.4 Å². The third-order valence-electron chi connectivity index (χ3n) is 4.90. The van der Waals surface area contributed by atoms with Crippen molar-refractivity contribution in [2.24, 2.45) is 5.10 Å². The highest BCUT2D eigenvalue weighted by Gasteiger charge is 2.13. The van der Waals surface area contributed by atoms with E-state index in [-0.39, 0.29) is 5.69 Å². The van der Waals surface area contributed by atoms with Crippen molar-refractivity contribution in [3.63, 3.8) is 0 Å². The van der Waals surface area contributed by atoms with Crippen molar-refractivity contribution in [3.8, 4) is 22.8 Å². The topological polar surface area (TPSA) is 116 Å². The smallest absolute Gasteiger partial charge is 0.343 e. The summed E-state index contributed by atoms with van der Waals surface area (Å²) in [5.41, 5.74) is 6.48. The summed E-state index contributed by atoms with van der Waals surface area (Å²) in [7, 11) is 1.49. The van der Waals surface area contributed by atoms with Crippen LogP contribution in [0.2, 0.25) is 0 Å². The number of nitrogens with zero attached hydrogens (tertiary/aromatic N) is 3. The van der Waals surface area contributed by atoms with Gasteiger partial charge < -0.3 is 9.47 Å². The van der Waals surface area contributed by atoms with Crippen LogP contribution in [0.5, 0.6) is 11.5 Å². The van der Waals surface area contributed by atoms with Gasteiger partial charge in [0, 0.05) is 23.1 Å². The summed E-state index contributed by atoms with van der Waals surface area (Å²) >= 11 is 1.35. The molecule has 9 nitrogen and oxygen atoms in total. The van der Waals surface area contributed by atoms with Gasteiger partial charge in [0.15, 0.2) is 11.5 Å². The molecule has 0 bridgehead atoms. The summed E-state index contributed by atoms with van der Waals surface area (Å²) in [6.07, 6.45) is 1.58. The molecule has 0 amide bonds. The second kappa shape index (κ2) is 10.6. The van der Waals surface area contributed by atoms with Crippen molar-refractivity contribution in [3.05, 3.63) is 98.9 Å². The Bertz CT molecular complexity index is 1400. The van der Waals surface area contributed by atoms with E-state index in [0.29, 0.717) is 27.9 Å². The normalized spacial score (nSPS) is 10.8. The Hall–Kier alpha value is -4.57. The molecule has 1 aromatic heterocycles. The number of ether oxygens (including phenoxy) is 2. The average molecular weight is 489 g/mol. The fourth-order valence-electron chi connectivity index (χ4n) is 3.15.